The molecule has 114 valence electrons. The Morgan fingerprint density at radius 2 is 1.85 bits per heavy atom. The van der Waals surface area contributed by atoms with Crippen LogP contribution in [-0.2, 0) is 14.4 Å². The van der Waals surface area contributed by atoms with Crippen LogP contribution in [0.15, 0.2) is 0 Å². The number of carboxylic acids is 1. The summed E-state index contributed by atoms with van der Waals surface area (Å²) in [5.41, 5.74) is -0.561. The summed E-state index contributed by atoms with van der Waals surface area (Å²) in [7, 11) is 0. The highest BCUT2D eigenvalue weighted by Gasteiger charge is 2.38. The van der Waals surface area contributed by atoms with E-state index in [1.54, 1.807) is 20.8 Å². The molecule has 1 aliphatic carbocycles. The lowest BCUT2D eigenvalue weighted by Crippen LogP contribution is -2.49. The molecule has 0 radical (unpaired) electrons. The van der Waals surface area contributed by atoms with Crippen molar-refractivity contribution in [3.05, 3.63) is 0 Å². The number of rotatable bonds is 6. The van der Waals surface area contributed by atoms with Crippen molar-refractivity contribution in [2.45, 2.75) is 46.6 Å². The van der Waals surface area contributed by atoms with E-state index in [-0.39, 0.29) is 30.7 Å². The molecule has 0 bridgehead atoms. The van der Waals surface area contributed by atoms with Crippen molar-refractivity contribution in [3.8, 4) is 0 Å². The molecule has 0 spiro atoms. The zero-order valence-electron chi connectivity index (χ0n) is 12.5. The van der Waals surface area contributed by atoms with Crippen LogP contribution < -0.4 is 10.6 Å². The average Bonchev–Trinajstić information content (AvgIpc) is 3.01. The fraction of sp³-hybridized carbons (Fsp3) is 0.786. The molecule has 0 heterocycles. The molecule has 0 aromatic heterocycles. The van der Waals surface area contributed by atoms with Crippen LogP contribution >= 0.6 is 0 Å². The first-order chi connectivity index (χ1) is 9.12. The van der Waals surface area contributed by atoms with Gasteiger partial charge in [-0.05, 0) is 17.8 Å². The maximum atomic E-state index is 11.7. The summed E-state index contributed by atoms with van der Waals surface area (Å²) >= 11 is 0. The normalized spacial score (nSPS) is 22.8. The number of hydrogen-bond donors (Lipinski definition) is 3. The van der Waals surface area contributed by atoms with Gasteiger partial charge in [-0.2, -0.15) is 0 Å². The molecule has 20 heavy (non-hydrogen) atoms. The summed E-state index contributed by atoms with van der Waals surface area (Å²) in [6, 6.07) is -0.936. The fourth-order valence-electron chi connectivity index (χ4n) is 2.00. The molecule has 1 fully saturated rings. The Bertz CT molecular complexity index is 400. The van der Waals surface area contributed by atoms with Gasteiger partial charge >= 0.3 is 5.97 Å². The van der Waals surface area contributed by atoms with E-state index in [9.17, 15) is 14.4 Å². The Hall–Kier alpha value is -1.59. The van der Waals surface area contributed by atoms with Crippen molar-refractivity contribution in [2.75, 3.05) is 6.54 Å². The van der Waals surface area contributed by atoms with Gasteiger partial charge in [0.2, 0.25) is 11.8 Å². The largest absolute Gasteiger partial charge is 0.480 e. The zero-order chi connectivity index (χ0) is 15.5. The van der Waals surface area contributed by atoms with Gasteiger partial charge in [-0.1, -0.05) is 27.7 Å². The lowest BCUT2D eigenvalue weighted by molar-refractivity contribution is -0.145. The third-order valence-corrected chi connectivity index (χ3v) is 3.52. The minimum atomic E-state index is -1.05. The van der Waals surface area contributed by atoms with Crippen LogP contribution in [0.3, 0.4) is 0 Å². The topological polar surface area (TPSA) is 95.5 Å². The van der Waals surface area contributed by atoms with Gasteiger partial charge in [-0.15, -0.1) is 0 Å². The van der Waals surface area contributed by atoms with Crippen LogP contribution in [0.5, 0.6) is 0 Å². The molecule has 3 N–H and O–H groups in total. The Kier molecular flexibility index (Phi) is 5.14. The molecule has 1 saturated carbocycles. The van der Waals surface area contributed by atoms with E-state index < -0.39 is 17.4 Å². The molecular formula is C14H24N2O4. The van der Waals surface area contributed by atoms with Crippen molar-refractivity contribution in [3.63, 3.8) is 0 Å². The Labute approximate surface area is 119 Å². The van der Waals surface area contributed by atoms with Gasteiger partial charge in [0.05, 0.1) is 0 Å². The highest BCUT2D eigenvalue weighted by Crippen LogP contribution is 2.37. The van der Waals surface area contributed by atoms with Gasteiger partial charge < -0.3 is 15.7 Å². The lowest BCUT2D eigenvalue weighted by atomic mass is 9.86. The molecule has 6 nitrogen and oxygen atoms in total. The fourth-order valence-corrected chi connectivity index (χ4v) is 2.00. The quantitative estimate of drug-likeness (QED) is 0.671. The van der Waals surface area contributed by atoms with Crippen molar-refractivity contribution < 1.29 is 19.5 Å². The number of nitrogens with one attached hydrogen (secondary N) is 2. The van der Waals surface area contributed by atoms with E-state index in [0.717, 1.165) is 6.42 Å². The molecule has 3 atom stereocenters. The van der Waals surface area contributed by atoms with Crippen molar-refractivity contribution >= 4 is 17.8 Å². The zero-order valence-corrected chi connectivity index (χ0v) is 12.5. The molecule has 0 saturated heterocycles. The summed E-state index contributed by atoms with van der Waals surface area (Å²) in [6.45, 7) is 7.51. The summed E-state index contributed by atoms with van der Waals surface area (Å²) < 4.78 is 0. The smallest absolute Gasteiger partial charge is 0.326 e. The predicted molar refractivity (Wildman–Crippen MR) is 73.9 cm³/mol. The number of carboxylic acid groups (broad SMARTS) is 1. The Morgan fingerprint density at radius 3 is 2.25 bits per heavy atom. The molecule has 1 aliphatic rings. The summed E-state index contributed by atoms with van der Waals surface area (Å²) in [6.07, 6.45) is 0.996. The monoisotopic (exact) mass is 284 g/mol. The summed E-state index contributed by atoms with van der Waals surface area (Å²) in [5.74, 6) is -0.922. The highest BCUT2D eigenvalue weighted by atomic mass is 16.4. The maximum absolute atomic E-state index is 11.7. The second-order valence-electron chi connectivity index (χ2n) is 6.57. The minimum absolute atomic E-state index is 0.0177. The highest BCUT2D eigenvalue weighted by molar-refractivity contribution is 5.85. The van der Waals surface area contributed by atoms with Crippen LogP contribution in [0.1, 0.15) is 40.5 Å². The number of aliphatic carboxylic acids is 1. The third-order valence-electron chi connectivity index (χ3n) is 3.52. The molecule has 1 rings (SSSR count). The van der Waals surface area contributed by atoms with E-state index in [4.69, 9.17) is 5.11 Å². The molecule has 0 aliphatic heterocycles. The average molecular weight is 284 g/mol. The van der Waals surface area contributed by atoms with Gasteiger partial charge in [0.25, 0.3) is 0 Å². The van der Waals surface area contributed by atoms with Gasteiger partial charge in [-0.25, -0.2) is 4.79 Å². The van der Waals surface area contributed by atoms with Crippen LogP contribution in [0.4, 0.5) is 0 Å². The van der Waals surface area contributed by atoms with Crippen molar-refractivity contribution in [1.82, 2.24) is 10.6 Å². The Balaban J connectivity index is 2.32. The van der Waals surface area contributed by atoms with Crippen LogP contribution in [0.25, 0.3) is 0 Å². The van der Waals surface area contributed by atoms with E-state index in [1.165, 1.54) is 0 Å². The van der Waals surface area contributed by atoms with E-state index >= 15 is 0 Å². The number of amides is 2. The first-order valence-electron chi connectivity index (χ1n) is 6.92. The number of carbonyl (C=O) groups excluding carboxylic acids is 2. The number of carbonyl (C=O) groups is 3. The lowest BCUT2D eigenvalue weighted by Gasteiger charge is -2.27. The van der Waals surface area contributed by atoms with E-state index in [0.29, 0.717) is 5.92 Å². The molecule has 0 aromatic carbocycles. The molecule has 6 heteroatoms. The maximum Gasteiger partial charge on any atom is 0.326 e. The molecule has 2 amide bonds. The Morgan fingerprint density at radius 1 is 1.30 bits per heavy atom. The van der Waals surface area contributed by atoms with Crippen molar-refractivity contribution in [1.29, 1.82) is 0 Å². The molecular weight excluding hydrogens is 260 g/mol. The van der Waals surface area contributed by atoms with E-state index in [2.05, 4.69) is 10.6 Å². The third kappa shape index (κ3) is 4.83. The second-order valence-corrected chi connectivity index (χ2v) is 6.57. The number of hydrogen-bond acceptors (Lipinski definition) is 3. The SMILES string of the molecule is CC1CC1C(=O)NCCC(=O)NC(C(=O)O)C(C)(C)C. The standard InChI is InChI=1S/C14H24N2O4/c1-8-7-9(8)12(18)15-6-5-10(17)16-11(13(19)20)14(2,3)4/h8-9,11H,5-7H2,1-4H3,(H,15,18)(H,16,17)(H,19,20). The summed E-state index contributed by atoms with van der Waals surface area (Å²) in [5, 5.41) is 14.3. The van der Waals surface area contributed by atoms with Crippen molar-refractivity contribution in [2.24, 2.45) is 17.3 Å². The van der Waals surface area contributed by atoms with E-state index in [1.807, 2.05) is 6.92 Å². The predicted octanol–water partition coefficient (Wildman–Crippen LogP) is 0.764. The first kappa shape index (κ1) is 16.5. The van der Waals surface area contributed by atoms with Gasteiger partial charge in [0.1, 0.15) is 6.04 Å². The minimum Gasteiger partial charge on any atom is -0.480 e. The van der Waals surface area contributed by atoms with Crippen LogP contribution in [-0.4, -0.2) is 35.5 Å². The second kappa shape index (κ2) is 6.24. The molecule has 0 aromatic rings. The van der Waals surface area contributed by atoms with Gasteiger partial charge in [0, 0.05) is 18.9 Å². The molecule has 3 unspecified atom stereocenters. The first-order valence-corrected chi connectivity index (χ1v) is 6.92. The van der Waals surface area contributed by atoms with Crippen LogP contribution in [0.2, 0.25) is 0 Å². The van der Waals surface area contributed by atoms with Crippen LogP contribution in [0, 0.1) is 17.3 Å². The van der Waals surface area contributed by atoms with Gasteiger partial charge in [-0.3, -0.25) is 9.59 Å². The van der Waals surface area contributed by atoms with Gasteiger partial charge in [0.15, 0.2) is 0 Å². The summed E-state index contributed by atoms with van der Waals surface area (Å²) in [4.78, 5) is 34.4.